The topological polar surface area (TPSA) is 102 Å². The molecule has 0 bridgehead atoms. The molecule has 21 heavy (non-hydrogen) atoms. The Labute approximate surface area is 122 Å². The normalized spacial score (nSPS) is 16.7. The smallest absolute Gasteiger partial charge is 0.407 e. The van der Waals surface area contributed by atoms with Gasteiger partial charge in [-0.1, -0.05) is 0 Å². The van der Waals surface area contributed by atoms with Gasteiger partial charge in [0.05, 0.1) is 6.42 Å². The van der Waals surface area contributed by atoms with E-state index in [-0.39, 0.29) is 19.3 Å². The fourth-order valence-electron chi connectivity index (χ4n) is 1.61. The van der Waals surface area contributed by atoms with Crippen LogP contribution >= 0.6 is 0 Å². The summed E-state index contributed by atoms with van der Waals surface area (Å²) in [6, 6.07) is -0.555. The van der Waals surface area contributed by atoms with Gasteiger partial charge in [-0.2, -0.15) is 0 Å². The monoisotopic (exact) mass is 300 g/mol. The molecule has 118 valence electrons. The minimum Gasteiger partial charge on any atom is -0.444 e. The number of nitrogens with one attached hydrogen (secondary N) is 1. The van der Waals surface area contributed by atoms with Crippen LogP contribution in [0.2, 0.25) is 0 Å². The average Bonchev–Trinajstić information content (AvgIpc) is 2.57. The first kappa shape index (κ1) is 16.9. The highest BCUT2D eigenvalue weighted by Gasteiger charge is 2.33. The Kier molecular flexibility index (Phi) is 5.28. The molecular weight excluding hydrogens is 280 g/mol. The number of carbonyl (C=O) groups is 4. The molecule has 0 spiro atoms. The van der Waals surface area contributed by atoms with Crippen LogP contribution in [0.1, 0.15) is 47.0 Å². The Morgan fingerprint density at radius 1 is 1.24 bits per heavy atom. The number of hydrogen-bond acceptors (Lipinski definition) is 6. The van der Waals surface area contributed by atoms with Crippen LogP contribution in [0.4, 0.5) is 4.79 Å². The summed E-state index contributed by atoms with van der Waals surface area (Å²) in [5, 5.41) is 2.94. The van der Waals surface area contributed by atoms with Crippen molar-refractivity contribution >= 4 is 23.9 Å². The number of carbonyl (C=O) groups excluding carboxylic acids is 4. The third-order valence-corrected chi connectivity index (χ3v) is 2.43. The number of hydroxylamine groups is 2. The predicted octanol–water partition coefficient (Wildman–Crippen LogP) is 0.897. The van der Waals surface area contributed by atoms with Crippen molar-refractivity contribution in [2.75, 3.05) is 0 Å². The second kappa shape index (κ2) is 6.55. The zero-order valence-corrected chi connectivity index (χ0v) is 12.6. The number of hydrogen-bond donors (Lipinski definition) is 1. The van der Waals surface area contributed by atoms with Gasteiger partial charge in [0, 0.05) is 18.9 Å². The van der Waals surface area contributed by atoms with Crippen LogP contribution in [0, 0.1) is 0 Å². The number of imide groups is 1. The third kappa shape index (κ3) is 5.80. The van der Waals surface area contributed by atoms with Crippen molar-refractivity contribution in [3.63, 3.8) is 0 Å². The summed E-state index contributed by atoms with van der Waals surface area (Å²) in [4.78, 5) is 50.4. The largest absolute Gasteiger partial charge is 0.444 e. The summed E-state index contributed by atoms with van der Waals surface area (Å²) in [5.41, 5.74) is -0.640. The molecule has 0 aromatic heterocycles. The maximum absolute atomic E-state index is 11.6. The van der Waals surface area contributed by atoms with Gasteiger partial charge in [0.1, 0.15) is 5.60 Å². The summed E-state index contributed by atoms with van der Waals surface area (Å²) in [6.45, 7) is 6.74. The Bertz CT molecular complexity index is 438. The van der Waals surface area contributed by atoms with E-state index in [1.807, 2.05) is 0 Å². The van der Waals surface area contributed by atoms with E-state index in [0.717, 1.165) is 0 Å². The number of nitrogens with zero attached hydrogens (tertiary/aromatic N) is 1. The van der Waals surface area contributed by atoms with Crippen molar-refractivity contribution in [1.82, 2.24) is 10.4 Å². The second-order valence-corrected chi connectivity index (χ2v) is 5.80. The molecule has 1 atom stereocenters. The van der Waals surface area contributed by atoms with E-state index in [0.29, 0.717) is 5.06 Å². The molecule has 8 heteroatoms. The fourth-order valence-corrected chi connectivity index (χ4v) is 1.61. The molecule has 1 unspecified atom stereocenters. The van der Waals surface area contributed by atoms with Crippen LogP contribution in [0.25, 0.3) is 0 Å². The summed E-state index contributed by atoms with van der Waals surface area (Å²) in [7, 11) is 0. The van der Waals surface area contributed by atoms with E-state index >= 15 is 0 Å². The Morgan fingerprint density at radius 2 is 1.76 bits per heavy atom. The lowest BCUT2D eigenvalue weighted by molar-refractivity contribution is -0.197. The molecule has 1 heterocycles. The van der Waals surface area contributed by atoms with E-state index in [9.17, 15) is 19.2 Å². The molecule has 1 rings (SSSR count). The fraction of sp³-hybridized carbons (Fsp3) is 0.692. The van der Waals surface area contributed by atoms with Crippen LogP contribution in [-0.2, 0) is 24.0 Å². The zero-order chi connectivity index (χ0) is 16.2. The lowest BCUT2D eigenvalue weighted by atomic mass is 10.2. The highest BCUT2D eigenvalue weighted by Crippen LogP contribution is 2.13. The van der Waals surface area contributed by atoms with E-state index in [2.05, 4.69) is 5.32 Å². The van der Waals surface area contributed by atoms with Gasteiger partial charge in [-0.05, 0) is 27.7 Å². The van der Waals surface area contributed by atoms with E-state index in [1.54, 1.807) is 27.7 Å². The maximum atomic E-state index is 11.6. The summed E-state index contributed by atoms with van der Waals surface area (Å²) >= 11 is 0. The molecule has 8 nitrogen and oxygen atoms in total. The minimum absolute atomic E-state index is 0.0395. The number of rotatable bonds is 4. The van der Waals surface area contributed by atoms with Crippen LogP contribution < -0.4 is 5.32 Å². The number of amides is 3. The van der Waals surface area contributed by atoms with Gasteiger partial charge in [-0.15, -0.1) is 5.06 Å². The van der Waals surface area contributed by atoms with Crippen molar-refractivity contribution in [2.24, 2.45) is 0 Å². The van der Waals surface area contributed by atoms with Gasteiger partial charge in [-0.25, -0.2) is 9.59 Å². The highest BCUT2D eigenvalue weighted by molar-refractivity contribution is 6.01. The first-order valence-corrected chi connectivity index (χ1v) is 6.64. The molecule has 1 aliphatic rings. The quantitative estimate of drug-likeness (QED) is 0.774. The number of alkyl carbamates (subject to hydrolysis) is 1. The van der Waals surface area contributed by atoms with E-state index in [1.165, 1.54) is 0 Å². The summed E-state index contributed by atoms with van der Waals surface area (Å²) in [5.74, 6) is -1.86. The molecule has 0 aromatic carbocycles. The summed E-state index contributed by atoms with van der Waals surface area (Å²) in [6.07, 6.45) is -0.762. The van der Waals surface area contributed by atoms with Crippen molar-refractivity contribution in [1.29, 1.82) is 0 Å². The van der Waals surface area contributed by atoms with Crippen molar-refractivity contribution in [2.45, 2.75) is 58.6 Å². The Balaban J connectivity index is 2.39. The standard InChI is InChI=1S/C13H20N2O6/c1-8(14-12(19)20-13(2,3)4)7-11(18)21-15-9(16)5-6-10(15)17/h8H,5-7H2,1-4H3,(H,14,19). The third-order valence-electron chi connectivity index (χ3n) is 2.43. The molecule has 0 saturated carbocycles. The van der Waals surface area contributed by atoms with Crippen LogP contribution in [0.15, 0.2) is 0 Å². The Hall–Kier alpha value is -2.12. The van der Waals surface area contributed by atoms with Crippen LogP contribution in [0.3, 0.4) is 0 Å². The van der Waals surface area contributed by atoms with Crippen molar-refractivity contribution in [3.05, 3.63) is 0 Å². The molecule has 1 N–H and O–H groups in total. The predicted molar refractivity (Wildman–Crippen MR) is 70.6 cm³/mol. The van der Waals surface area contributed by atoms with Gasteiger partial charge < -0.3 is 14.9 Å². The molecule has 1 aliphatic heterocycles. The van der Waals surface area contributed by atoms with Crippen molar-refractivity contribution < 1.29 is 28.8 Å². The lowest BCUT2D eigenvalue weighted by Crippen LogP contribution is -2.40. The molecule has 1 fully saturated rings. The molecule has 0 aliphatic carbocycles. The van der Waals surface area contributed by atoms with Gasteiger partial charge >= 0.3 is 12.1 Å². The first-order chi connectivity index (χ1) is 9.58. The lowest BCUT2D eigenvalue weighted by Gasteiger charge is -2.22. The molecule has 3 amide bonds. The van der Waals surface area contributed by atoms with Gasteiger partial charge in [0.15, 0.2) is 0 Å². The molecule has 0 aromatic rings. The first-order valence-electron chi connectivity index (χ1n) is 6.64. The zero-order valence-electron chi connectivity index (χ0n) is 12.6. The molecule has 1 saturated heterocycles. The maximum Gasteiger partial charge on any atom is 0.407 e. The minimum atomic E-state index is -0.776. The molecular formula is C13H20N2O6. The summed E-state index contributed by atoms with van der Waals surface area (Å²) < 4.78 is 5.04. The second-order valence-electron chi connectivity index (χ2n) is 5.80. The Morgan fingerprint density at radius 3 is 2.24 bits per heavy atom. The molecule has 0 radical (unpaired) electrons. The number of ether oxygens (including phenoxy) is 1. The SMILES string of the molecule is CC(CC(=O)ON1C(=O)CCC1=O)NC(=O)OC(C)(C)C. The van der Waals surface area contributed by atoms with Crippen LogP contribution in [-0.4, -0.2) is 40.6 Å². The van der Waals surface area contributed by atoms with Crippen LogP contribution in [0.5, 0.6) is 0 Å². The van der Waals surface area contributed by atoms with E-state index in [4.69, 9.17) is 9.57 Å². The van der Waals surface area contributed by atoms with E-state index < -0.39 is 35.5 Å². The van der Waals surface area contributed by atoms with Gasteiger partial charge in [0.25, 0.3) is 11.8 Å². The van der Waals surface area contributed by atoms with Gasteiger partial charge in [-0.3, -0.25) is 9.59 Å². The average molecular weight is 300 g/mol. The highest BCUT2D eigenvalue weighted by atomic mass is 16.7. The van der Waals surface area contributed by atoms with Gasteiger partial charge in [0.2, 0.25) is 0 Å². The van der Waals surface area contributed by atoms with Crippen molar-refractivity contribution in [3.8, 4) is 0 Å².